The molecule has 3 rings (SSSR count). The van der Waals surface area contributed by atoms with Crippen molar-refractivity contribution in [2.75, 3.05) is 19.6 Å². The summed E-state index contributed by atoms with van der Waals surface area (Å²) in [6, 6.07) is 6.10. The molecule has 2 amide bonds. The van der Waals surface area contributed by atoms with Crippen molar-refractivity contribution in [3.05, 3.63) is 35.6 Å². The van der Waals surface area contributed by atoms with Crippen molar-refractivity contribution < 1.29 is 14.0 Å². The molecule has 2 aliphatic rings. The Kier molecular flexibility index (Phi) is 4.88. The Balaban J connectivity index is 1.71. The summed E-state index contributed by atoms with van der Waals surface area (Å²) < 4.78 is 13.0. The Labute approximate surface area is 142 Å². The lowest BCUT2D eigenvalue weighted by molar-refractivity contribution is -0.150. The zero-order valence-electron chi connectivity index (χ0n) is 14.3. The number of likely N-dealkylation sites (N-methyl/N-ethyl adjacent to an activating group) is 1. The quantitative estimate of drug-likeness (QED) is 0.854. The minimum absolute atomic E-state index is 0.0646. The van der Waals surface area contributed by atoms with Crippen LogP contribution in [0.3, 0.4) is 0 Å². The van der Waals surface area contributed by atoms with E-state index in [4.69, 9.17) is 0 Å². The van der Waals surface area contributed by atoms with Crippen LogP contribution in [-0.2, 0) is 16.0 Å². The summed E-state index contributed by atoms with van der Waals surface area (Å²) in [5.41, 5.74) is 0.647. The summed E-state index contributed by atoms with van der Waals surface area (Å²) in [6.45, 7) is 4.10. The molecule has 1 atom stereocenters. The fourth-order valence-electron chi connectivity index (χ4n) is 4.25. The van der Waals surface area contributed by atoms with Gasteiger partial charge in [-0.2, -0.15) is 0 Å². The van der Waals surface area contributed by atoms with E-state index in [-0.39, 0.29) is 29.6 Å². The van der Waals surface area contributed by atoms with E-state index in [1.165, 1.54) is 12.1 Å². The largest absolute Gasteiger partial charge is 0.340 e. The molecule has 0 bridgehead atoms. The molecule has 4 nitrogen and oxygen atoms in total. The number of hydrogen-bond acceptors (Lipinski definition) is 2. The average Bonchev–Trinajstić information content (AvgIpc) is 2.57. The van der Waals surface area contributed by atoms with Crippen molar-refractivity contribution >= 4 is 11.8 Å². The van der Waals surface area contributed by atoms with Crippen LogP contribution in [0.2, 0.25) is 0 Å². The first-order chi connectivity index (χ1) is 11.5. The summed E-state index contributed by atoms with van der Waals surface area (Å²) in [4.78, 5) is 28.9. The molecule has 2 heterocycles. The van der Waals surface area contributed by atoms with Crippen LogP contribution in [0.5, 0.6) is 0 Å². The topological polar surface area (TPSA) is 40.6 Å². The van der Waals surface area contributed by atoms with Gasteiger partial charge in [0.05, 0.1) is 12.0 Å². The number of likely N-dealkylation sites (tertiary alicyclic amines) is 2. The Morgan fingerprint density at radius 2 is 1.92 bits per heavy atom. The molecule has 130 valence electrons. The highest BCUT2D eigenvalue weighted by Crippen LogP contribution is 2.36. The molecule has 0 unspecified atom stereocenters. The molecule has 0 radical (unpaired) electrons. The number of piperidine rings is 2. The molecule has 0 saturated carbocycles. The minimum atomic E-state index is -0.289. The van der Waals surface area contributed by atoms with E-state index >= 15 is 0 Å². The van der Waals surface area contributed by atoms with E-state index in [1.807, 2.05) is 16.7 Å². The van der Waals surface area contributed by atoms with Gasteiger partial charge in [-0.05, 0) is 50.3 Å². The number of amides is 2. The van der Waals surface area contributed by atoms with Gasteiger partial charge in [0.1, 0.15) is 5.82 Å². The molecule has 24 heavy (non-hydrogen) atoms. The van der Waals surface area contributed by atoms with Gasteiger partial charge >= 0.3 is 0 Å². The summed E-state index contributed by atoms with van der Waals surface area (Å²) >= 11 is 0. The first kappa shape index (κ1) is 16.9. The Morgan fingerprint density at radius 3 is 2.62 bits per heavy atom. The maximum Gasteiger partial charge on any atom is 0.227 e. The zero-order chi connectivity index (χ0) is 17.2. The van der Waals surface area contributed by atoms with Crippen LogP contribution in [0.4, 0.5) is 4.39 Å². The Bertz CT molecular complexity index is 612. The lowest BCUT2D eigenvalue weighted by atomic mass is 9.79. The average molecular weight is 332 g/mol. The molecule has 1 aromatic rings. The van der Waals surface area contributed by atoms with Crippen LogP contribution < -0.4 is 0 Å². The monoisotopic (exact) mass is 332 g/mol. The SMILES string of the molecule is CCN1C(=O)CCC[C@@]12CCCN(C(=O)Cc1ccc(F)cc1)C2. The van der Waals surface area contributed by atoms with E-state index < -0.39 is 0 Å². The van der Waals surface area contributed by atoms with Crippen molar-refractivity contribution in [2.24, 2.45) is 0 Å². The molecule has 1 aromatic carbocycles. The fourth-order valence-corrected chi connectivity index (χ4v) is 4.25. The van der Waals surface area contributed by atoms with E-state index in [9.17, 15) is 14.0 Å². The van der Waals surface area contributed by atoms with Crippen LogP contribution in [0.25, 0.3) is 0 Å². The van der Waals surface area contributed by atoms with Gasteiger partial charge in [-0.25, -0.2) is 4.39 Å². The number of carbonyl (C=O) groups is 2. The Morgan fingerprint density at radius 1 is 1.21 bits per heavy atom. The normalized spacial score (nSPS) is 24.5. The molecule has 5 heteroatoms. The van der Waals surface area contributed by atoms with Crippen molar-refractivity contribution in [3.8, 4) is 0 Å². The molecule has 1 spiro atoms. The lowest BCUT2D eigenvalue weighted by Gasteiger charge is -2.52. The van der Waals surface area contributed by atoms with Crippen LogP contribution in [-0.4, -0.2) is 46.8 Å². The lowest BCUT2D eigenvalue weighted by Crippen LogP contribution is -2.63. The van der Waals surface area contributed by atoms with Crippen molar-refractivity contribution in [3.63, 3.8) is 0 Å². The van der Waals surface area contributed by atoms with Crippen LogP contribution in [0, 0.1) is 5.82 Å². The van der Waals surface area contributed by atoms with Gasteiger partial charge in [-0.1, -0.05) is 12.1 Å². The van der Waals surface area contributed by atoms with Gasteiger partial charge in [-0.15, -0.1) is 0 Å². The first-order valence-electron chi connectivity index (χ1n) is 8.87. The van der Waals surface area contributed by atoms with Crippen molar-refractivity contribution in [1.82, 2.24) is 9.80 Å². The van der Waals surface area contributed by atoms with Gasteiger partial charge in [0.15, 0.2) is 0 Å². The highest BCUT2D eigenvalue weighted by atomic mass is 19.1. The third-order valence-electron chi connectivity index (χ3n) is 5.40. The standard InChI is InChI=1S/C19H25FN2O2/c1-2-22-17(23)5-3-10-19(22)11-4-12-21(14-19)18(24)13-15-6-8-16(20)9-7-15/h6-9H,2-5,10-14H2,1H3/t19-/m0/s1. The predicted octanol–water partition coefficient (Wildman–Crippen LogP) is 2.76. The molecular formula is C19H25FN2O2. The van der Waals surface area contributed by atoms with Gasteiger partial charge in [0.2, 0.25) is 11.8 Å². The number of rotatable bonds is 3. The minimum Gasteiger partial charge on any atom is -0.340 e. The van der Waals surface area contributed by atoms with Gasteiger partial charge in [-0.3, -0.25) is 9.59 Å². The number of benzene rings is 1. The van der Waals surface area contributed by atoms with E-state index in [0.717, 1.165) is 37.8 Å². The van der Waals surface area contributed by atoms with Gasteiger partial charge in [0.25, 0.3) is 0 Å². The molecule has 2 aliphatic heterocycles. The van der Waals surface area contributed by atoms with Crippen molar-refractivity contribution in [1.29, 1.82) is 0 Å². The van der Waals surface area contributed by atoms with Crippen molar-refractivity contribution in [2.45, 2.75) is 51.0 Å². The second-order valence-corrected chi connectivity index (χ2v) is 6.94. The molecular weight excluding hydrogens is 307 g/mol. The van der Waals surface area contributed by atoms with Gasteiger partial charge in [0, 0.05) is 26.1 Å². The number of halogens is 1. The van der Waals surface area contributed by atoms with E-state index in [0.29, 0.717) is 19.5 Å². The summed E-state index contributed by atoms with van der Waals surface area (Å²) in [6.07, 6.45) is 4.71. The van der Waals surface area contributed by atoms with E-state index in [1.54, 1.807) is 12.1 Å². The molecule has 0 N–H and O–H groups in total. The number of carbonyl (C=O) groups excluding carboxylic acids is 2. The third kappa shape index (κ3) is 3.30. The fraction of sp³-hybridized carbons (Fsp3) is 0.579. The summed E-state index contributed by atoms with van der Waals surface area (Å²) in [5, 5.41) is 0. The molecule has 0 aliphatic carbocycles. The maximum absolute atomic E-state index is 13.0. The summed E-state index contributed by atoms with van der Waals surface area (Å²) in [5.74, 6) is -0.00577. The second kappa shape index (κ2) is 6.91. The number of hydrogen-bond donors (Lipinski definition) is 0. The summed E-state index contributed by atoms with van der Waals surface area (Å²) in [7, 11) is 0. The smallest absolute Gasteiger partial charge is 0.227 e. The van der Waals surface area contributed by atoms with E-state index in [2.05, 4.69) is 0 Å². The highest BCUT2D eigenvalue weighted by molar-refractivity contribution is 5.80. The maximum atomic E-state index is 13.0. The van der Waals surface area contributed by atoms with Crippen LogP contribution in [0.1, 0.15) is 44.6 Å². The highest BCUT2D eigenvalue weighted by Gasteiger charge is 2.45. The van der Waals surface area contributed by atoms with Crippen LogP contribution >= 0.6 is 0 Å². The molecule has 0 aromatic heterocycles. The first-order valence-corrected chi connectivity index (χ1v) is 8.87. The third-order valence-corrected chi connectivity index (χ3v) is 5.40. The number of nitrogens with zero attached hydrogens (tertiary/aromatic N) is 2. The zero-order valence-corrected chi connectivity index (χ0v) is 14.3. The second-order valence-electron chi connectivity index (χ2n) is 6.94. The van der Waals surface area contributed by atoms with Crippen LogP contribution in [0.15, 0.2) is 24.3 Å². The molecule has 2 fully saturated rings. The predicted molar refractivity (Wildman–Crippen MR) is 89.9 cm³/mol. The molecule has 2 saturated heterocycles. The Hall–Kier alpha value is -1.91. The van der Waals surface area contributed by atoms with Gasteiger partial charge < -0.3 is 9.80 Å².